The van der Waals surface area contributed by atoms with Crippen molar-refractivity contribution in [3.63, 3.8) is 0 Å². The summed E-state index contributed by atoms with van der Waals surface area (Å²) < 4.78 is 33.5. The standard InChI is InChI=1S/C13H16N2O5S/c16-13(17)10-4-3-5-11-12(10)20-9-8-15(11)21(18,19)14-6-1-2-7-14/h3-5H,1-2,6-9H2,(H,16,17). The lowest BCUT2D eigenvalue weighted by atomic mass is 10.1. The van der Waals surface area contributed by atoms with Crippen molar-refractivity contribution in [1.29, 1.82) is 0 Å². The Kier molecular flexibility index (Phi) is 3.50. The van der Waals surface area contributed by atoms with Gasteiger partial charge in [0.2, 0.25) is 0 Å². The zero-order valence-electron chi connectivity index (χ0n) is 11.4. The molecule has 2 heterocycles. The van der Waals surface area contributed by atoms with Gasteiger partial charge < -0.3 is 9.84 Å². The minimum atomic E-state index is -3.62. The van der Waals surface area contributed by atoms with E-state index < -0.39 is 16.2 Å². The van der Waals surface area contributed by atoms with Crippen molar-refractivity contribution < 1.29 is 23.1 Å². The molecule has 0 amide bonds. The van der Waals surface area contributed by atoms with Crippen molar-refractivity contribution in [2.75, 3.05) is 30.5 Å². The van der Waals surface area contributed by atoms with Gasteiger partial charge in [-0.2, -0.15) is 12.7 Å². The smallest absolute Gasteiger partial charge is 0.339 e. The molecule has 0 saturated carbocycles. The Morgan fingerprint density at radius 2 is 1.90 bits per heavy atom. The minimum Gasteiger partial charge on any atom is -0.489 e. The Hall–Kier alpha value is -1.80. The number of carboxylic acids is 1. The maximum absolute atomic E-state index is 12.7. The molecule has 1 N–H and O–H groups in total. The molecule has 3 rings (SSSR count). The number of carboxylic acid groups (broad SMARTS) is 1. The first-order valence-electron chi connectivity index (χ1n) is 6.79. The van der Waals surface area contributed by atoms with E-state index >= 15 is 0 Å². The molecule has 0 radical (unpaired) electrons. The Morgan fingerprint density at radius 3 is 2.57 bits per heavy atom. The summed E-state index contributed by atoms with van der Waals surface area (Å²) in [6, 6.07) is 4.52. The summed E-state index contributed by atoms with van der Waals surface area (Å²) in [4.78, 5) is 11.2. The third kappa shape index (κ3) is 2.34. The average molecular weight is 312 g/mol. The molecule has 1 aromatic carbocycles. The number of nitrogens with zero attached hydrogens (tertiary/aromatic N) is 2. The van der Waals surface area contributed by atoms with Crippen molar-refractivity contribution in [3.8, 4) is 5.75 Å². The highest BCUT2D eigenvalue weighted by Gasteiger charge is 2.36. The van der Waals surface area contributed by atoms with Crippen LogP contribution in [0.15, 0.2) is 18.2 Å². The molecule has 1 fully saturated rings. The molecule has 2 aliphatic rings. The maximum atomic E-state index is 12.7. The fourth-order valence-electron chi connectivity index (χ4n) is 2.69. The van der Waals surface area contributed by atoms with Gasteiger partial charge in [-0.3, -0.25) is 4.31 Å². The second-order valence-electron chi connectivity index (χ2n) is 4.99. The van der Waals surface area contributed by atoms with Gasteiger partial charge in [-0.15, -0.1) is 0 Å². The fraction of sp³-hybridized carbons (Fsp3) is 0.462. The van der Waals surface area contributed by atoms with Crippen LogP contribution in [-0.2, 0) is 10.2 Å². The predicted molar refractivity (Wildman–Crippen MR) is 76.0 cm³/mol. The van der Waals surface area contributed by atoms with Gasteiger partial charge in [-0.1, -0.05) is 6.07 Å². The summed E-state index contributed by atoms with van der Waals surface area (Å²) in [6.45, 7) is 1.35. The number of fused-ring (bicyclic) bond motifs is 1. The van der Waals surface area contributed by atoms with Crippen LogP contribution in [-0.4, -0.2) is 50.0 Å². The number of carbonyl (C=O) groups is 1. The highest BCUT2D eigenvalue weighted by molar-refractivity contribution is 7.90. The lowest BCUT2D eigenvalue weighted by Gasteiger charge is -2.33. The highest BCUT2D eigenvalue weighted by atomic mass is 32.2. The number of ether oxygens (including phenoxy) is 1. The lowest BCUT2D eigenvalue weighted by molar-refractivity contribution is 0.0692. The Morgan fingerprint density at radius 1 is 1.19 bits per heavy atom. The van der Waals surface area contributed by atoms with E-state index in [0.717, 1.165) is 12.8 Å². The predicted octanol–water partition coefficient (Wildman–Crippen LogP) is 0.924. The monoisotopic (exact) mass is 312 g/mol. The van der Waals surface area contributed by atoms with Crippen LogP contribution in [0, 0.1) is 0 Å². The normalized spacial score (nSPS) is 19.1. The summed E-state index contributed by atoms with van der Waals surface area (Å²) in [5.41, 5.74) is 0.280. The molecule has 8 heteroatoms. The van der Waals surface area contributed by atoms with Crippen LogP contribution in [0.1, 0.15) is 23.2 Å². The summed E-state index contributed by atoms with van der Waals surface area (Å²) >= 11 is 0. The quantitative estimate of drug-likeness (QED) is 0.897. The highest BCUT2D eigenvalue weighted by Crippen LogP contribution is 2.37. The number of hydrogen-bond acceptors (Lipinski definition) is 4. The van der Waals surface area contributed by atoms with Crippen LogP contribution in [0.4, 0.5) is 5.69 Å². The first-order chi connectivity index (χ1) is 10.0. The van der Waals surface area contributed by atoms with Crippen molar-refractivity contribution in [1.82, 2.24) is 4.31 Å². The molecule has 2 aliphatic heterocycles. The van der Waals surface area contributed by atoms with E-state index in [-0.39, 0.29) is 24.5 Å². The van der Waals surface area contributed by atoms with Crippen LogP contribution in [0.2, 0.25) is 0 Å². The molecule has 0 spiro atoms. The number of benzene rings is 1. The summed E-state index contributed by atoms with van der Waals surface area (Å²) in [7, 11) is -3.62. The Balaban J connectivity index is 2.05. The van der Waals surface area contributed by atoms with E-state index in [4.69, 9.17) is 4.74 Å². The molecule has 114 valence electrons. The van der Waals surface area contributed by atoms with Gasteiger partial charge in [0, 0.05) is 13.1 Å². The van der Waals surface area contributed by atoms with Crippen molar-refractivity contribution in [2.24, 2.45) is 0 Å². The third-order valence-corrected chi connectivity index (χ3v) is 5.66. The van der Waals surface area contributed by atoms with Crippen LogP contribution < -0.4 is 9.04 Å². The van der Waals surface area contributed by atoms with E-state index in [0.29, 0.717) is 18.8 Å². The lowest BCUT2D eigenvalue weighted by Crippen LogP contribution is -2.46. The van der Waals surface area contributed by atoms with Gasteiger partial charge in [0.25, 0.3) is 0 Å². The van der Waals surface area contributed by atoms with Gasteiger partial charge in [-0.05, 0) is 25.0 Å². The Labute approximate surface area is 122 Å². The molecule has 0 atom stereocenters. The molecule has 7 nitrogen and oxygen atoms in total. The molecule has 0 unspecified atom stereocenters. The molecule has 0 bridgehead atoms. The van der Waals surface area contributed by atoms with E-state index in [1.165, 1.54) is 20.7 Å². The number of aromatic carboxylic acids is 1. The largest absolute Gasteiger partial charge is 0.489 e. The van der Waals surface area contributed by atoms with Crippen molar-refractivity contribution in [2.45, 2.75) is 12.8 Å². The van der Waals surface area contributed by atoms with Gasteiger partial charge in [0.15, 0.2) is 5.75 Å². The van der Waals surface area contributed by atoms with E-state index in [1.807, 2.05) is 0 Å². The Bertz CT molecular complexity index is 667. The number of rotatable bonds is 3. The fourth-order valence-corrected chi connectivity index (χ4v) is 4.39. The number of hydrogen-bond donors (Lipinski definition) is 1. The molecular weight excluding hydrogens is 296 g/mol. The SMILES string of the molecule is O=C(O)c1cccc2c1OCCN2S(=O)(=O)N1CCCC1. The molecule has 21 heavy (non-hydrogen) atoms. The topological polar surface area (TPSA) is 87.1 Å². The number of para-hydroxylation sites is 1. The van der Waals surface area contributed by atoms with Gasteiger partial charge in [-0.25, -0.2) is 4.79 Å². The maximum Gasteiger partial charge on any atom is 0.339 e. The van der Waals surface area contributed by atoms with Crippen LogP contribution in [0.3, 0.4) is 0 Å². The van der Waals surface area contributed by atoms with Crippen molar-refractivity contribution >= 4 is 21.9 Å². The van der Waals surface area contributed by atoms with Crippen LogP contribution >= 0.6 is 0 Å². The zero-order chi connectivity index (χ0) is 15.0. The second-order valence-corrected chi connectivity index (χ2v) is 6.85. The van der Waals surface area contributed by atoms with Crippen molar-refractivity contribution in [3.05, 3.63) is 23.8 Å². The summed E-state index contributed by atoms with van der Waals surface area (Å²) in [6.07, 6.45) is 1.71. The van der Waals surface area contributed by atoms with Crippen LogP contribution in [0.25, 0.3) is 0 Å². The summed E-state index contributed by atoms with van der Waals surface area (Å²) in [5, 5.41) is 9.18. The average Bonchev–Trinajstić information content (AvgIpc) is 3.00. The van der Waals surface area contributed by atoms with E-state index in [2.05, 4.69) is 0 Å². The van der Waals surface area contributed by atoms with E-state index in [1.54, 1.807) is 6.07 Å². The third-order valence-electron chi connectivity index (χ3n) is 3.70. The van der Waals surface area contributed by atoms with Crippen LogP contribution in [0.5, 0.6) is 5.75 Å². The first kappa shape index (κ1) is 14.2. The van der Waals surface area contributed by atoms with Gasteiger partial charge >= 0.3 is 16.2 Å². The number of anilines is 1. The van der Waals surface area contributed by atoms with Gasteiger partial charge in [0.1, 0.15) is 12.2 Å². The van der Waals surface area contributed by atoms with E-state index in [9.17, 15) is 18.3 Å². The summed E-state index contributed by atoms with van der Waals surface area (Å²) in [5.74, 6) is -1.01. The van der Waals surface area contributed by atoms with Gasteiger partial charge in [0.05, 0.1) is 12.2 Å². The molecule has 1 saturated heterocycles. The second kappa shape index (κ2) is 5.19. The minimum absolute atomic E-state index is 0.0196. The molecular formula is C13H16N2O5S. The zero-order valence-corrected chi connectivity index (χ0v) is 12.2. The molecule has 0 aliphatic carbocycles. The first-order valence-corrected chi connectivity index (χ1v) is 8.18. The molecule has 1 aromatic rings. The molecule has 0 aromatic heterocycles.